The van der Waals surface area contributed by atoms with Crippen molar-refractivity contribution in [3.8, 4) is 22.6 Å². The van der Waals surface area contributed by atoms with Gasteiger partial charge in [0.25, 0.3) is 10.0 Å². The molecule has 0 saturated heterocycles. The summed E-state index contributed by atoms with van der Waals surface area (Å²) in [5, 5.41) is 7.49. The number of benzene rings is 2. The molecule has 0 aliphatic rings. The third kappa shape index (κ3) is 3.61. The van der Waals surface area contributed by atoms with Crippen LogP contribution in [0.1, 0.15) is 5.69 Å². The monoisotopic (exact) mass is 381 g/mol. The van der Waals surface area contributed by atoms with Gasteiger partial charge < -0.3 is 9.05 Å². The molecule has 0 aliphatic heterocycles. The van der Waals surface area contributed by atoms with E-state index in [0.29, 0.717) is 17.2 Å². The molecule has 0 amide bonds. The zero-order valence-electron chi connectivity index (χ0n) is 14.3. The second-order valence-electron chi connectivity index (χ2n) is 5.92. The molecule has 0 aliphatic carbocycles. The predicted octanol–water partition coefficient (Wildman–Crippen LogP) is 4.11. The lowest BCUT2D eigenvalue weighted by Crippen LogP contribution is -2.12. The molecule has 0 unspecified atom stereocenters. The van der Waals surface area contributed by atoms with Gasteiger partial charge in [0.2, 0.25) is 0 Å². The standard InChI is InChI=1S/C19H15N3O4S/c1-13-11-19(26-21-13)14-5-7-17(8-6-14)27(23,24)22-16-4-2-3-15(12-16)18-9-10-20-25-18/h2-12,22H,1H3. The van der Waals surface area contributed by atoms with Gasteiger partial charge in [-0.15, -0.1) is 0 Å². The average Bonchev–Trinajstić information content (AvgIpc) is 3.33. The lowest BCUT2D eigenvalue weighted by atomic mass is 10.1. The second kappa shape index (κ2) is 6.73. The summed E-state index contributed by atoms with van der Waals surface area (Å²) in [6.45, 7) is 1.82. The first-order valence-electron chi connectivity index (χ1n) is 8.09. The van der Waals surface area contributed by atoms with Gasteiger partial charge in [-0.25, -0.2) is 8.42 Å². The Hall–Kier alpha value is -3.39. The molecule has 4 rings (SSSR count). The van der Waals surface area contributed by atoms with Gasteiger partial charge in [0.05, 0.1) is 16.8 Å². The first-order valence-corrected chi connectivity index (χ1v) is 9.57. The Morgan fingerprint density at radius 1 is 0.889 bits per heavy atom. The van der Waals surface area contributed by atoms with Crippen LogP contribution in [0.4, 0.5) is 5.69 Å². The summed E-state index contributed by atoms with van der Waals surface area (Å²) in [5.41, 5.74) is 2.67. The highest BCUT2D eigenvalue weighted by Crippen LogP contribution is 2.25. The number of hydrogen-bond donors (Lipinski definition) is 1. The Kier molecular flexibility index (Phi) is 4.25. The van der Waals surface area contributed by atoms with Gasteiger partial charge in [-0.3, -0.25) is 4.72 Å². The van der Waals surface area contributed by atoms with Gasteiger partial charge >= 0.3 is 0 Å². The Morgan fingerprint density at radius 3 is 2.37 bits per heavy atom. The van der Waals surface area contributed by atoms with Gasteiger partial charge in [0, 0.05) is 28.9 Å². The van der Waals surface area contributed by atoms with Crippen LogP contribution >= 0.6 is 0 Å². The summed E-state index contributed by atoms with van der Waals surface area (Å²) < 4.78 is 38.2. The molecule has 0 fully saturated rings. The van der Waals surface area contributed by atoms with Crippen molar-refractivity contribution in [1.82, 2.24) is 10.3 Å². The van der Waals surface area contributed by atoms with Crippen molar-refractivity contribution in [2.45, 2.75) is 11.8 Å². The van der Waals surface area contributed by atoms with Gasteiger partial charge in [0.15, 0.2) is 11.5 Å². The van der Waals surface area contributed by atoms with Gasteiger partial charge in [-0.05, 0) is 43.3 Å². The minimum atomic E-state index is -3.74. The minimum Gasteiger partial charge on any atom is -0.356 e. The summed E-state index contributed by atoms with van der Waals surface area (Å²) in [7, 11) is -3.74. The summed E-state index contributed by atoms with van der Waals surface area (Å²) in [4.78, 5) is 0.146. The zero-order chi connectivity index (χ0) is 18.9. The van der Waals surface area contributed by atoms with Crippen LogP contribution in [0.15, 0.2) is 80.8 Å². The normalized spacial score (nSPS) is 11.4. The van der Waals surface area contributed by atoms with Crippen LogP contribution in [0.25, 0.3) is 22.6 Å². The Bertz CT molecular complexity index is 1160. The molecule has 0 radical (unpaired) electrons. The fourth-order valence-electron chi connectivity index (χ4n) is 2.61. The molecule has 0 saturated carbocycles. The van der Waals surface area contributed by atoms with E-state index < -0.39 is 10.0 Å². The van der Waals surface area contributed by atoms with E-state index in [4.69, 9.17) is 9.05 Å². The van der Waals surface area contributed by atoms with E-state index in [2.05, 4.69) is 15.0 Å². The molecule has 8 heteroatoms. The average molecular weight is 381 g/mol. The number of nitrogens with one attached hydrogen (secondary N) is 1. The van der Waals surface area contributed by atoms with Gasteiger partial charge in [-0.2, -0.15) is 0 Å². The minimum absolute atomic E-state index is 0.146. The molecular formula is C19H15N3O4S. The highest BCUT2D eigenvalue weighted by molar-refractivity contribution is 7.92. The molecule has 0 spiro atoms. The van der Waals surface area contributed by atoms with E-state index in [1.165, 1.54) is 18.3 Å². The fourth-order valence-corrected chi connectivity index (χ4v) is 3.66. The third-order valence-electron chi connectivity index (χ3n) is 3.91. The number of sulfonamides is 1. The lowest BCUT2D eigenvalue weighted by Gasteiger charge is -2.09. The molecule has 136 valence electrons. The maximum Gasteiger partial charge on any atom is 0.261 e. The van der Waals surface area contributed by atoms with Crippen LogP contribution in [0.2, 0.25) is 0 Å². The SMILES string of the molecule is Cc1cc(-c2ccc(S(=O)(=O)Nc3cccc(-c4ccno4)c3)cc2)on1. The van der Waals surface area contributed by atoms with Gasteiger partial charge in [0.1, 0.15) is 0 Å². The smallest absolute Gasteiger partial charge is 0.261 e. The molecular weight excluding hydrogens is 366 g/mol. The molecule has 7 nitrogen and oxygen atoms in total. The lowest BCUT2D eigenvalue weighted by molar-refractivity contribution is 0.427. The fraction of sp³-hybridized carbons (Fsp3) is 0.0526. The van der Waals surface area contributed by atoms with Crippen molar-refractivity contribution in [3.63, 3.8) is 0 Å². The van der Waals surface area contributed by atoms with Crippen molar-refractivity contribution in [2.24, 2.45) is 0 Å². The van der Waals surface area contributed by atoms with E-state index in [1.807, 2.05) is 13.0 Å². The highest BCUT2D eigenvalue weighted by atomic mass is 32.2. The number of rotatable bonds is 5. The molecule has 2 heterocycles. The van der Waals surface area contributed by atoms with Crippen LogP contribution in [0, 0.1) is 6.92 Å². The molecule has 1 N–H and O–H groups in total. The summed E-state index contributed by atoms with van der Waals surface area (Å²) in [6.07, 6.45) is 1.53. The molecule has 4 aromatic rings. The second-order valence-corrected chi connectivity index (χ2v) is 7.60. The van der Waals surface area contributed by atoms with Crippen LogP contribution in [-0.2, 0) is 10.0 Å². The maximum atomic E-state index is 12.7. The third-order valence-corrected chi connectivity index (χ3v) is 5.31. The molecule has 2 aromatic heterocycles. The maximum absolute atomic E-state index is 12.7. The summed E-state index contributed by atoms with van der Waals surface area (Å²) in [6, 6.07) is 16.8. The number of aromatic nitrogens is 2. The largest absolute Gasteiger partial charge is 0.356 e. The van der Waals surface area contributed by atoms with E-state index >= 15 is 0 Å². The molecule has 27 heavy (non-hydrogen) atoms. The number of aryl methyl sites for hydroxylation is 1. The number of nitrogens with zero attached hydrogens (tertiary/aromatic N) is 2. The van der Waals surface area contributed by atoms with Crippen LogP contribution in [-0.4, -0.2) is 18.7 Å². The van der Waals surface area contributed by atoms with Crippen molar-refractivity contribution >= 4 is 15.7 Å². The zero-order valence-corrected chi connectivity index (χ0v) is 15.1. The molecule has 0 atom stereocenters. The Balaban J connectivity index is 1.58. The molecule has 2 aromatic carbocycles. The first kappa shape index (κ1) is 17.0. The van der Waals surface area contributed by atoms with Crippen molar-refractivity contribution in [3.05, 3.63) is 72.6 Å². The number of hydrogen-bond acceptors (Lipinski definition) is 6. The topological polar surface area (TPSA) is 98.2 Å². The van der Waals surface area contributed by atoms with Crippen LogP contribution in [0.3, 0.4) is 0 Å². The van der Waals surface area contributed by atoms with E-state index in [-0.39, 0.29) is 4.90 Å². The van der Waals surface area contributed by atoms with Gasteiger partial charge in [-0.1, -0.05) is 22.4 Å². The quantitative estimate of drug-likeness (QED) is 0.559. The van der Waals surface area contributed by atoms with E-state index in [9.17, 15) is 8.42 Å². The Morgan fingerprint density at radius 2 is 1.70 bits per heavy atom. The van der Waals surface area contributed by atoms with E-state index in [1.54, 1.807) is 42.5 Å². The van der Waals surface area contributed by atoms with Crippen molar-refractivity contribution in [1.29, 1.82) is 0 Å². The summed E-state index contributed by atoms with van der Waals surface area (Å²) >= 11 is 0. The number of anilines is 1. The first-order chi connectivity index (χ1) is 13.0. The van der Waals surface area contributed by atoms with Crippen molar-refractivity contribution < 1.29 is 17.5 Å². The molecule has 0 bridgehead atoms. The highest BCUT2D eigenvalue weighted by Gasteiger charge is 2.15. The summed E-state index contributed by atoms with van der Waals surface area (Å²) in [5.74, 6) is 1.15. The Labute approximate surface area is 155 Å². The van der Waals surface area contributed by atoms with E-state index in [0.717, 1.165) is 16.8 Å². The van der Waals surface area contributed by atoms with Crippen LogP contribution < -0.4 is 4.72 Å². The van der Waals surface area contributed by atoms with Crippen molar-refractivity contribution in [2.75, 3.05) is 4.72 Å². The predicted molar refractivity (Wildman–Crippen MR) is 99.4 cm³/mol. The van der Waals surface area contributed by atoms with Crippen LogP contribution in [0.5, 0.6) is 0 Å².